The molecule has 4 rings (SSSR count). The highest BCUT2D eigenvalue weighted by atomic mass is 16.2. The van der Waals surface area contributed by atoms with Crippen LogP contribution in [0, 0.1) is 5.92 Å². The maximum Gasteiger partial charge on any atom is 0.254 e. The largest absolute Gasteiger partial charge is 0.365 e. The third-order valence-corrected chi connectivity index (χ3v) is 5.17. The monoisotopic (exact) mass is 381 g/mol. The number of nitrogens with one attached hydrogen (secondary N) is 2. The summed E-state index contributed by atoms with van der Waals surface area (Å²) in [5, 5.41) is 5.81. The van der Waals surface area contributed by atoms with Crippen molar-refractivity contribution in [1.82, 2.24) is 20.3 Å². The number of carbonyl (C=O) groups excluding carboxylic acids is 2. The number of anilines is 3. The Morgan fingerprint density at radius 2 is 2.00 bits per heavy atom. The molecule has 3 heterocycles. The van der Waals surface area contributed by atoms with Crippen LogP contribution in [0.15, 0.2) is 24.5 Å². The fraction of sp³-hybridized carbons (Fsp3) is 0.421. The lowest BCUT2D eigenvalue weighted by molar-refractivity contribution is -0.123. The summed E-state index contributed by atoms with van der Waals surface area (Å²) in [5.41, 5.74) is 7.50. The van der Waals surface area contributed by atoms with Crippen LogP contribution in [-0.2, 0) is 4.79 Å². The van der Waals surface area contributed by atoms with Crippen molar-refractivity contribution in [1.29, 1.82) is 0 Å². The quantitative estimate of drug-likeness (QED) is 0.685. The number of nitrogens with zero attached hydrogens (tertiary/aromatic N) is 4. The molecule has 9 nitrogen and oxygen atoms in total. The number of pyridine rings is 1. The lowest BCUT2D eigenvalue weighted by Gasteiger charge is -2.18. The van der Waals surface area contributed by atoms with E-state index in [0.717, 1.165) is 17.8 Å². The SMILES string of the molecule is CNC(=O)[C@@H]1CCN(c2ncc(C(N)=O)c(Nc3ccc(C4CC4)nc3)n2)C1. The summed E-state index contributed by atoms with van der Waals surface area (Å²) >= 11 is 0. The van der Waals surface area contributed by atoms with E-state index in [9.17, 15) is 9.59 Å². The predicted molar refractivity (Wildman–Crippen MR) is 104 cm³/mol. The van der Waals surface area contributed by atoms with Crippen molar-refractivity contribution in [2.75, 3.05) is 30.4 Å². The molecule has 28 heavy (non-hydrogen) atoms. The summed E-state index contributed by atoms with van der Waals surface area (Å²) in [7, 11) is 1.63. The van der Waals surface area contributed by atoms with Gasteiger partial charge in [0.1, 0.15) is 11.4 Å². The van der Waals surface area contributed by atoms with Gasteiger partial charge in [-0.2, -0.15) is 4.98 Å². The van der Waals surface area contributed by atoms with Crippen LogP contribution in [0.2, 0.25) is 0 Å². The van der Waals surface area contributed by atoms with Gasteiger partial charge in [0.15, 0.2) is 0 Å². The first-order valence-corrected chi connectivity index (χ1v) is 9.41. The fourth-order valence-electron chi connectivity index (χ4n) is 3.40. The smallest absolute Gasteiger partial charge is 0.254 e. The van der Waals surface area contributed by atoms with Gasteiger partial charge in [-0.3, -0.25) is 14.6 Å². The molecule has 1 aliphatic carbocycles. The summed E-state index contributed by atoms with van der Waals surface area (Å²) in [5.74, 6) is 0.672. The Balaban J connectivity index is 1.55. The number of amides is 2. The highest BCUT2D eigenvalue weighted by molar-refractivity contribution is 5.98. The van der Waals surface area contributed by atoms with E-state index in [1.54, 1.807) is 13.2 Å². The molecule has 0 bridgehead atoms. The van der Waals surface area contributed by atoms with Crippen LogP contribution in [0.25, 0.3) is 0 Å². The molecular formula is C19H23N7O2. The maximum absolute atomic E-state index is 11.9. The first kappa shape index (κ1) is 18.1. The molecular weight excluding hydrogens is 358 g/mol. The van der Waals surface area contributed by atoms with E-state index in [4.69, 9.17) is 5.73 Å². The second-order valence-electron chi connectivity index (χ2n) is 7.21. The second-order valence-corrected chi connectivity index (χ2v) is 7.21. The molecule has 2 amide bonds. The van der Waals surface area contributed by atoms with E-state index in [2.05, 4.69) is 25.6 Å². The van der Waals surface area contributed by atoms with Crippen LogP contribution < -0.4 is 21.3 Å². The average Bonchev–Trinajstić information content (AvgIpc) is 3.44. The number of hydrogen-bond acceptors (Lipinski definition) is 7. The molecule has 2 fully saturated rings. The van der Waals surface area contributed by atoms with Crippen molar-refractivity contribution in [2.45, 2.75) is 25.2 Å². The summed E-state index contributed by atoms with van der Waals surface area (Å²) in [6.07, 6.45) is 6.27. The Hall–Kier alpha value is -3.23. The van der Waals surface area contributed by atoms with Crippen molar-refractivity contribution in [2.24, 2.45) is 11.7 Å². The molecule has 0 unspecified atom stereocenters. The van der Waals surface area contributed by atoms with Gasteiger partial charge >= 0.3 is 0 Å². The normalized spacial score (nSPS) is 18.8. The van der Waals surface area contributed by atoms with Gasteiger partial charge in [-0.1, -0.05) is 0 Å². The maximum atomic E-state index is 11.9. The Kier molecular flexibility index (Phi) is 4.81. The summed E-state index contributed by atoms with van der Waals surface area (Å²) < 4.78 is 0. The predicted octanol–water partition coefficient (Wildman–Crippen LogP) is 1.16. The summed E-state index contributed by atoms with van der Waals surface area (Å²) in [6.45, 7) is 1.21. The van der Waals surface area contributed by atoms with Crippen LogP contribution in [0.5, 0.6) is 0 Å². The van der Waals surface area contributed by atoms with E-state index in [0.29, 0.717) is 30.8 Å². The molecule has 2 aromatic heterocycles. The Labute approximate surface area is 162 Å². The minimum absolute atomic E-state index is 0.0106. The van der Waals surface area contributed by atoms with Gasteiger partial charge in [0.05, 0.1) is 17.8 Å². The minimum atomic E-state index is -0.610. The zero-order valence-electron chi connectivity index (χ0n) is 15.7. The molecule has 0 radical (unpaired) electrons. The van der Waals surface area contributed by atoms with Crippen molar-refractivity contribution in [3.05, 3.63) is 35.8 Å². The van der Waals surface area contributed by atoms with Gasteiger partial charge in [0.2, 0.25) is 11.9 Å². The van der Waals surface area contributed by atoms with Crippen LogP contribution in [0.1, 0.15) is 41.2 Å². The molecule has 1 atom stereocenters. The van der Waals surface area contributed by atoms with Crippen LogP contribution in [0.4, 0.5) is 17.5 Å². The Morgan fingerprint density at radius 1 is 1.18 bits per heavy atom. The number of rotatable bonds is 6. The lowest BCUT2D eigenvalue weighted by atomic mass is 10.1. The zero-order chi connectivity index (χ0) is 19.7. The van der Waals surface area contributed by atoms with Gasteiger partial charge < -0.3 is 21.3 Å². The topological polar surface area (TPSA) is 126 Å². The molecule has 2 aliphatic rings. The van der Waals surface area contributed by atoms with Crippen LogP contribution in [0.3, 0.4) is 0 Å². The highest BCUT2D eigenvalue weighted by Crippen LogP contribution is 2.39. The molecule has 1 saturated carbocycles. The van der Waals surface area contributed by atoms with Crippen molar-refractivity contribution in [3.63, 3.8) is 0 Å². The molecule has 0 spiro atoms. The minimum Gasteiger partial charge on any atom is -0.365 e. The third-order valence-electron chi connectivity index (χ3n) is 5.17. The van der Waals surface area contributed by atoms with Gasteiger partial charge in [0.25, 0.3) is 5.91 Å². The van der Waals surface area contributed by atoms with E-state index >= 15 is 0 Å². The molecule has 146 valence electrons. The van der Waals surface area contributed by atoms with E-state index < -0.39 is 5.91 Å². The number of hydrogen-bond donors (Lipinski definition) is 3. The van der Waals surface area contributed by atoms with Gasteiger partial charge in [-0.05, 0) is 31.4 Å². The number of nitrogens with two attached hydrogens (primary N) is 1. The summed E-state index contributed by atoms with van der Waals surface area (Å²) in [4.78, 5) is 38.8. The van der Waals surface area contributed by atoms with Crippen molar-refractivity contribution < 1.29 is 9.59 Å². The standard InChI is InChI=1S/C19H23N7O2/c1-21-18(28)12-6-7-26(10-12)19-23-9-14(16(20)27)17(25-19)24-13-4-5-15(22-8-13)11-2-3-11/h4-5,8-9,11-12H,2-3,6-7,10H2,1H3,(H2,20,27)(H,21,28)(H,23,24,25)/t12-/m1/s1. The number of aromatic nitrogens is 3. The number of carbonyl (C=O) groups is 2. The number of primary amides is 1. The van der Waals surface area contributed by atoms with Gasteiger partial charge in [-0.15, -0.1) is 0 Å². The highest BCUT2D eigenvalue weighted by Gasteiger charge is 2.30. The van der Waals surface area contributed by atoms with E-state index in [1.165, 1.54) is 19.0 Å². The van der Waals surface area contributed by atoms with Crippen molar-refractivity contribution in [3.8, 4) is 0 Å². The van der Waals surface area contributed by atoms with Gasteiger partial charge in [0, 0.05) is 37.9 Å². The Morgan fingerprint density at radius 3 is 2.64 bits per heavy atom. The first-order valence-electron chi connectivity index (χ1n) is 9.41. The zero-order valence-corrected chi connectivity index (χ0v) is 15.7. The average molecular weight is 381 g/mol. The first-order chi connectivity index (χ1) is 13.5. The molecule has 1 aliphatic heterocycles. The molecule has 2 aromatic rings. The summed E-state index contributed by atoms with van der Waals surface area (Å²) in [6, 6.07) is 3.91. The fourth-order valence-corrected chi connectivity index (χ4v) is 3.40. The van der Waals surface area contributed by atoms with Crippen molar-refractivity contribution >= 4 is 29.3 Å². The Bertz CT molecular complexity index is 896. The third kappa shape index (κ3) is 3.73. The van der Waals surface area contributed by atoms with E-state index in [1.807, 2.05) is 17.0 Å². The molecule has 0 aromatic carbocycles. The molecule has 1 saturated heterocycles. The molecule has 4 N–H and O–H groups in total. The molecule has 9 heteroatoms. The lowest BCUT2D eigenvalue weighted by Crippen LogP contribution is -2.30. The second kappa shape index (κ2) is 7.41. The van der Waals surface area contributed by atoms with Gasteiger partial charge in [-0.25, -0.2) is 4.98 Å². The van der Waals surface area contributed by atoms with Crippen LogP contribution >= 0.6 is 0 Å². The van der Waals surface area contributed by atoms with Crippen LogP contribution in [-0.4, -0.2) is 46.9 Å². The van der Waals surface area contributed by atoms with E-state index in [-0.39, 0.29) is 17.4 Å².